The lowest BCUT2D eigenvalue weighted by Crippen LogP contribution is -2.02. The zero-order valence-corrected chi connectivity index (χ0v) is 8.05. The van der Waals surface area contributed by atoms with E-state index in [0.717, 1.165) is 11.3 Å². The molecule has 0 aliphatic heterocycles. The standard InChI is InChI=1S/C10H11N3O2/c11-4-3-8-6-13-5-7(10(14)15)1-2-9(13)12-8/h1-2,5-6H,3-4,11H2,(H,14,15). The Morgan fingerprint density at radius 2 is 2.27 bits per heavy atom. The number of nitrogens with two attached hydrogens (primary N) is 1. The molecule has 0 unspecified atom stereocenters. The van der Waals surface area contributed by atoms with Crippen molar-refractivity contribution in [2.45, 2.75) is 6.42 Å². The molecule has 0 spiro atoms. The number of aromatic nitrogens is 2. The molecule has 0 amide bonds. The summed E-state index contributed by atoms with van der Waals surface area (Å²) in [6.07, 6.45) is 4.05. The van der Waals surface area contributed by atoms with Gasteiger partial charge in [-0.05, 0) is 18.7 Å². The molecule has 3 N–H and O–H groups in total. The van der Waals surface area contributed by atoms with Gasteiger partial charge in [-0.25, -0.2) is 9.78 Å². The molecular formula is C10H11N3O2. The average molecular weight is 205 g/mol. The number of hydrogen-bond acceptors (Lipinski definition) is 3. The minimum atomic E-state index is -0.939. The first-order valence-corrected chi connectivity index (χ1v) is 4.61. The van der Waals surface area contributed by atoms with Gasteiger partial charge in [-0.15, -0.1) is 0 Å². The first kappa shape index (κ1) is 9.67. The first-order valence-electron chi connectivity index (χ1n) is 4.61. The number of hydrogen-bond donors (Lipinski definition) is 2. The minimum Gasteiger partial charge on any atom is -0.478 e. The Labute approximate surface area is 86.2 Å². The number of carbonyl (C=O) groups is 1. The van der Waals surface area contributed by atoms with Gasteiger partial charge in [0, 0.05) is 18.8 Å². The van der Waals surface area contributed by atoms with E-state index in [0.29, 0.717) is 13.0 Å². The molecule has 15 heavy (non-hydrogen) atoms. The lowest BCUT2D eigenvalue weighted by molar-refractivity contribution is 0.0696. The highest BCUT2D eigenvalue weighted by Gasteiger charge is 2.05. The number of carboxylic acid groups (broad SMARTS) is 1. The second-order valence-electron chi connectivity index (χ2n) is 3.26. The van der Waals surface area contributed by atoms with Gasteiger partial charge in [-0.3, -0.25) is 0 Å². The molecule has 2 heterocycles. The molecule has 78 valence electrons. The molecule has 5 nitrogen and oxygen atoms in total. The van der Waals surface area contributed by atoms with Crippen LogP contribution < -0.4 is 5.73 Å². The van der Waals surface area contributed by atoms with E-state index in [2.05, 4.69) is 4.98 Å². The zero-order chi connectivity index (χ0) is 10.8. The van der Waals surface area contributed by atoms with Crippen LogP contribution in [0.5, 0.6) is 0 Å². The Bertz CT molecular complexity index is 504. The summed E-state index contributed by atoms with van der Waals surface area (Å²) in [5.74, 6) is -0.939. The number of pyridine rings is 1. The Hall–Kier alpha value is -1.88. The van der Waals surface area contributed by atoms with Crippen molar-refractivity contribution in [2.75, 3.05) is 6.54 Å². The lowest BCUT2D eigenvalue weighted by atomic mass is 10.3. The van der Waals surface area contributed by atoms with Crippen LogP contribution in [0, 0.1) is 0 Å². The first-order chi connectivity index (χ1) is 7.20. The number of imidazole rings is 1. The molecule has 0 radical (unpaired) electrons. The van der Waals surface area contributed by atoms with Gasteiger partial charge in [0.1, 0.15) is 5.65 Å². The van der Waals surface area contributed by atoms with Crippen LogP contribution in [0.2, 0.25) is 0 Å². The van der Waals surface area contributed by atoms with Crippen LogP contribution in [0.4, 0.5) is 0 Å². The molecule has 0 fully saturated rings. The highest BCUT2D eigenvalue weighted by atomic mass is 16.4. The van der Waals surface area contributed by atoms with Crippen LogP contribution >= 0.6 is 0 Å². The van der Waals surface area contributed by atoms with E-state index in [9.17, 15) is 4.79 Å². The number of aromatic carboxylic acids is 1. The number of rotatable bonds is 3. The fourth-order valence-electron chi connectivity index (χ4n) is 1.44. The molecule has 0 saturated carbocycles. The summed E-state index contributed by atoms with van der Waals surface area (Å²) >= 11 is 0. The van der Waals surface area contributed by atoms with Crippen molar-refractivity contribution in [1.82, 2.24) is 9.38 Å². The molecule has 2 aromatic heterocycles. The summed E-state index contributed by atoms with van der Waals surface area (Å²) in [5, 5.41) is 8.80. The summed E-state index contributed by atoms with van der Waals surface area (Å²) in [6, 6.07) is 3.22. The molecule has 0 aliphatic rings. The topological polar surface area (TPSA) is 80.6 Å². The zero-order valence-electron chi connectivity index (χ0n) is 8.05. The third-order valence-corrected chi connectivity index (χ3v) is 2.15. The predicted molar refractivity (Wildman–Crippen MR) is 54.9 cm³/mol. The van der Waals surface area contributed by atoms with Crippen molar-refractivity contribution in [3.8, 4) is 0 Å². The van der Waals surface area contributed by atoms with Gasteiger partial charge in [0.05, 0.1) is 11.3 Å². The van der Waals surface area contributed by atoms with E-state index in [-0.39, 0.29) is 5.56 Å². The lowest BCUT2D eigenvalue weighted by Gasteiger charge is -1.95. The highest BCUT2D eigenvalue weighted by molar-refractivity contribution is 5.87. The summed E-state index contributed by atoms with van der Waals surface area (Å²) < 4.78 is 1.70. The van der Waals surface area contributed by atoms with Crippen molar-refractivity contribution in [3.63, 3.8) is 0 Å². The van der Waals surface area contributed by atoms with Crippen LogP contribution in [-0.4, -0.2) is 27.0 Å². The van der Waals surface area contributed by atoms with Crippen molar-refractivity contribution in [3.05, 3.63) is 35.8 Å². The molecule has 0 saturated heterocycles. The maximum absolute atomic E-state index is 10.7. The maximum Gasteiger partial charge on any atom is 0.337 e. The summed E-state index contributed by atoms with van der Waals surface area (Å²) in [7, 11) is 0. The van der Waals surface area contributed by atoms with Gasteiger partial charge in [-0.2, -0.15) is 0 Å². The van der Waals surface area contributed by atoms with Crippen LogP contribution in [-0.2, 0) is 6.42 Å². The third-order valence-electron chi connectivity index (χ3n) is 2.15. The third kappa shape index (κ3) is 1.82. The molecule has 0 bridgehead atoms. The molecule has 0 aromatic carbocycles. The van der Waals surface area contributed by atoms with Crippen molar-refractivity contribution in [1.29, 1.82) is 0 Å². The second-order valence-corrected chi connectivity index (χ2v) is 3.26. The van der Waals surface area contributed by atoms with E-state index in [1.807, 2.05) is 0 Å². The van der Waals surface area contributed by atoms with Crippen LogP contribution in [0.1, 0.15) is 16.1 Å². The summed E-state index contributed by atoms with van der Waals surface area (Å²) in [6.45, 7) is 0.537. The van der Waals surface area contributed by atoms with Gasteiger partial charge >= 0.3 is 5.97 Å². The Kier molecular flexibility index (Phi) is 2.39. The van der Waals surface area contributed by atoms with Crippen LogP contribution in [0.15, 0.2) is 24.5 Å². The largest absolute Gasteiger partial charge is 0.478 e. The van der Waals surface area contributed by atoms with Gasteiger partial charge in [0.25, 0.3) is 0 Å². The average Bonchev–Trinajstić information content (AvgIpc) is 2.59. The van der Waals surface area contributed by atoms with Crippen LogP contribution in [0.3, 0.4) is 0 Å². The van der Waals surface area contributed by atoms with Crippen molar-refractivity contribution in [2.24, 2.45) is 5.73 Å². The predicted octanol–water partition coefficient (Wildman–Crippen LogP) is 0.534. The van der Waals surface area contributed by atoms with Crippen LogP contribution in [0.25, 0.3) is 5.65 Å². The number of fused-ring (bicyclic) bond motifs is 1. The fraction of sp³-hybridized carbons (Fsp3) is 0.200. The molecule has 0 aliphatic carbocycles. The Balaban J connectivity index is 2.47. The van der Waals surface area contributed by atoms with Gasteiger partial charge < -0.3 is 15.2 Å². The Morgan fingerprint density at radius 1 is 1.47 bits per heavy atom. The van der Waals surface area contributed by atoms with Crippen molar-refractivity contribution >= 4 is 11.6 Å². The summed E-state index contributed by atoms with van der Waals surface area (Å²) in [5.41, 5.74) is 7.28. The van der Waals surface area contributed by atoms with E-state index in [4.69, 9.17) is 10.8 Å². The Morgan fingerprint density at radius 3 is 2.93 bits per heavy atom. The molecule has 2 aromatic rings. The van der Waals surface area contributed by atoms with E-state index in [1.165, 1.54) is 6.07 Å². The van der Waals surface area contributed by atoms with E-state index >= 15 is 0 Å². The van der Waals surface area contributed by atoms with E-state index < -0.39 is 5.97 Å². The maximum atomic E-state index is 10.7. The fourth-order valence-corrected chi connectivity index (χ4v) is 1.44. The summed E-state index contributed by atoms with van der Waals surface area (Å²) in [4.78, 5) is 15.0. The number of nitrogens with zero attached hydrogens (tertiary/aromatic N) is 2. The van der Waals surface area contributed by atoms with Gasteiger partial charge in [0.15, 0.2) is 0 Å². The SMILES string of the molecule is NCCc1cn2cc(C(=O)O)ccc2n1. The quantitative estimate of drug-likeness (QED) is 0.766. The van der Waals surface area contributed by atoms with Gasteiger partial charge in [-0.1, -0.05) is 0 Å². The smallest absolute Gasteiger partial charge is 0.337 e. The molecule has 2 rings (SSSR count). The monoisotopic (exact) mass is 205 g/mol. The second kappa shape index (κ2) is 3.70. The number of carboxylic acids is 1. The minimum absolute atomic E-state index is 0.249. The van der Waals surface area contributed by atoms with Crippen molar-refractivity contribution < 1.29 is 9.90 Å². The normalized spacial score (nSPS) is 10.7. The van der Waals surface area contributed by atoms with Gasteiger partial charge in [0.2, 0.25) is 0 Å². The molecular weight excluding hydrogens is 194 g/mol. The van der Waals surface area contributed by atoms with E-state index in [1.54, 1.807) is 22.9 Å². The molecule has 0 atom stereocenters. The molecule has 5 heteroatoms. The highest BCUT2D eigenvalue weighted by Crippen LogP contribution is 2.08.